The molecule has 4 heteroatoms. The first-order valence-electron chi connectivity index (χ1n) is 4.75. The summed E-state index contributed by atoms with van der Waals surface area (Å²) in [6.45, 7) is 3.74. The van der Waals surface area contributed by atoms with Crippen molar-refractivity contribution >= 4 is 17.3 Å². The molecule has 0 amide bonds. The van der Waals surface area contributed by atoms with Crippen molar-refractivity contribution in [1.82, 2.24) is 4.98 Å². The Balaban J connectivity index is 2.81. The van der Waals surface area contributed by atoms with Crippen LogP contribution in [0.5, 0.6) is 0 Å². The van der Waals surface area contributed by atoms with Crippen LogP contribution in [-0.4, -0.2) is 29.8 Å². The maximum atomic E-state index is 8.92. The van der Waals surface area contributed by atoms with Crippen molar-refractivity contribution in [3.8, 4) is 0 Å². The summed E-state index contributed by atoms with van der Waals surface area (Å²) >= 11 is 6.00. The third kappa shape index (κ3) is 2.86. The summed E-state index contributed by atoms with van der Waals surface area (Å²) in [5.74, 6) is 0. The molecule has 78 valence electrons. The SMILES string of the molecule is CCCN(CCO)c1ccncc1Cl. The van der Waals surface area contributed by atoms with Crippen LogP contribution in [0.3, 0.4) is 0 Å². The first-order valence-corrected chi connectivity index (χ1v) is 5.12. The molecule has 0 saturated heterocycles. The number of rotatable bonds is 5. The molecule has 3 nitrogen and oxygen atoms in total. The normalized spacial score (nSPS) is 10.2. The standard InChI is InChI=1S/C10H15ClN2O/c1-2-5-13(6-7-14)10-3-4-12-8-9(10)11/h3-4,8,14H,2,5-7H2,1H3. The molecule has 0 aliphatic carbocycles. The van der Waals surface area contributed by atoms with Gasteiger partial charge >= 0.3 is 0 Å². The average molecular weight is 215 g/mol. The van der Waals surface area contributed by atoms with Gasteiger partial charge in [0.25, 0.3) is 0 Å². The molecule has 0 radical (unpaired) electrons. The topological polar surface area (TPSA) is 36.4 Å². The van der Waals surface area contributed by atoms with Crippen molar-refractivity contribution in [1.29, 1.82) is 0 Å². The van der Waals surface area contributed by atoms with Gasteiger partial charge in [0, 0.05) is 25.5 Å². The smallest absolute Gasteiger partial charge is 0.0822 e. The van der Waals surface area contributed by atoms with Crippen LogP contribution in [0.1, 0.15) is 13.3 Å². The molecular weight excluding hydrogens is 200 g/mol. The zero-order valence-electron chi connectivity index (χ0n) is 8.28. The zero-order valence-corrected chi connectivity index (χ0v) is 9.04. The van der Waals surface area contributed by atoms with Gasteiger partial charge in [-0.2, -0.15) is 0 Å². The quantitative estimate of drug-likeness (QED) is 0.814. The summed E-state index contributed by atoms with van der Waals surface area (Å²) in [7, 11) is 0. The highest BCUT2D eigenvalue weighted by Crippen LogP contribution is 2.23. The minimum absolute atomic E-state index is 0.138. The van der Waals surface area contributed by atoms with Gasteiger partial charge in [0.05, 0.1) is 17.3 Å². The third-order valence-electron chi connectivity index (χ3n) is 1.96. The first kappa shape index (κ1) is 11.3. The van der Waals surface area contributed by atoms with Gasteiger partial charge in [0.15, 0.2) is 0 Å². The molecule has 0 aromatic carbocycles. The molecule has 0 fully saturated rings. The van der Waals surface area contributed by atoms with Crippen LogP contribution in [0, 0.1) is 0 Å². The van der Waals surface area contributed by atoms with Gasteiger partial charge in [-0.15, -0.1) is 0 Å². The van der Waals surface area contributed by atoms with Crippen LogP contribution in [0.2, 0.25) is 5.02 Å². The Morgan fingerprint density at radius 1 is 1.50 bits per heavy atom. The van der Waals surface area contributed by atoms with E-state index in [9.17, 15) is 0 Å². The molecule has 0 aliphatic heterocycles. The van der Waals surface area contributed by atoms with Gasteiger partial charge in [-0.3, -0.25) is 4.98 Å². The van der Waals surface area contributed by atoms with E-state index in [1.54, 1.807) is 12.4 Å². The number of hydrogen-bond donors (Lipinski definition) is 1. The lowest BCUT2D eigenvalue weighted by Gasteiger charge is -2.23. The van der Waals surface area contributed by atoms with E-state index in [-0.39, 0.29) is 6.61 Å². The number of anilines is 1. The zero-order chi connectivity index (χ0) is 10.4. The maximum absolute atomic E-state index is 8.92. The van der Waals surface area contributed by atoms with Crippen molar-refractivity contribution in [2.75, 3.05) is 24.6 Å². The maximum Gasteiger partial charge on any atom is 0.0822 e. The Morgan fingerprint density at radius 3 is 2.86 bits per heavy atom. The number of pyridine rings is 1. The lowest BCUT2D eigenvalue weighted by Crippen LogP contribution is -2.27. The Hall–Kier alpha value is -0.800. The van der Waals surface area contributed by atoms with E-state index in [2.05, 4.69) is 16.8 Å². The highest BCUT2D eigenvalue weighted by Gasteiger charge is 2.07. The summed E-state index contributed by atoms with van der Waals surface area (Å²) in [5.41, 5.74) is 0.942. The van der Waals surface area contributed by atoms with Crippen LogP contribution in [0.4, 0.5) is 5.69 Å². The summed E-state index contributed by atoms with van der Waals surface area (Å²) in [6.07, 6.45) is 4.36. The molecule has 1 N–H and O–H groups in total. The third-order valence-corrected chi connectivity index (χ3v) is 2.25. The summed E-state index contributed by atoms with van der Waals surface area (Å²) in [4.78, 5) is 5.99. The first-order chi connectivity index (χ1) is 6.79. The van der Waals surface area contributed by atoms with Crippen LogP contribution in [-0.2, 0) is 0 Å². The number of aromatic nitrogens is 1. The van der Waals surface area contributed by atoms with E-state index in [0.717, 1.165) is 18.7 Å². The van der Waals surface area contributed by atoms with Gasteiger partial charge in [0.1, 0.15) is 0 Å². The van der Waals surface area contributed by atoms with Crippen molar-refractivity contribution in [2.45, 2.75) is 13.3 Å². The lowest BCUT2D eigenvalue weighted by molar-refractivity contribution is 0.302. The second-order valence-electron chi connectivity index (χ2n) is 3.04. The Bertz CT molecular complexity index is 275. The van der Waals surface area contributed by atoms with Crippen molar-refractivity contribution in [2.24, 2.45) is 0 Å². The van der Waals surface area contributed by atoms with Gasteiger partial charge in [0.2, 0.25) is 0 Å². The second kappa shape index (κ2) is 5.83. The van der Waals surface area contributed by atoms with E-state index in [0.29, 0.717) is 11.6 Å². The molecule has 0 atom stereocenters. The lowest BCUT2D eigenvalue weighted by atomic mass is 10.3. The molecule has 0 saturated carbocycles. The fourth-order valence-corrected chi connectivity index (χ4v) is 1.61. The van der Waals surface area contributed by atoms with Crippen molar-refractivity contribution < 1.29 is 5.11 Å². The molecule has 0 spiro atoms. The van der Waals surface area contributed by atoms with Gasteiger partial charge in [-0.05, 0) is 12.5 Å². The van der Waals surface area contributed by atoms with E-state index in [1.165, 1.54) is 0 Å². The summed E-state index contributed by atoms with van der Waals surface area (Å²) < 4.78 is 0. The van der Waals surface area contributed by atoms with Crippen molar-refractivity contribution in [3.63, 3.8) is 0 Å². The molecular formula is C10H15ClN2O. The average Bonchev–Trinajstić information content (AvgIpc) is 2.18. The Labute approximate surface area is 89.3 Å². The van der Waals surface area contributed by atoms with Crippen LogP contribution >= 0.6 is 11.6 Å². The molecule has 1 heterocycles. The van der Waals surface area contributed by atoms with E-state index in [4.69, 9.17) is 16.7 Å². The molecule has 1 rings (SSSR count). The Morgan fingerprint density at radius 2 is 2.29 bits per heavy atom. The van der Waals surface area contributed by atoms with Gasteiger partial charge in [-0.25, -0.2) is 0 Å². The number of nitrogens with zero attached hydrogens (tertiary/aromatic N) is 2. The van der Waals surface area contributed by atoms with Crippen LogP contribution in [0.15, 0.2) is 18.5 Å². The number of halogens is 1. The molecule has 1 aromatic rings. The van der Waals surface area contributed by atoms with Crippen LogP contribution < -0.4 is 4.90 Å². The minimum Gasteiger partial charge on any atom is -0.395 e. The highest BCUT2D eigenvalue weighted by molar-refractivity contribution is 6.33. The molecule has 1 aromatic heterocycles. The predicted octanol–water partition coefficient (Wildman–Crippen LogP) is 1.94. The number of aliphatic hydroxyl groups excluding tert-OH is 1. The molecule has 14 heavy (non-hydrogen) atoms. The van der Waals surface area contributed by atoms with Gasteiger partial charge < -0.3 is 10.0 Å². The molecule has 0 aliphatic rings. The van der Waals surface area contributed by atoms with E-state index < -0.39 is 0 Å². The van der Waals surface area contributed by atoms with E-state index >= 15 is 0 Å². The fourth-order valence-electron chi connectivity index (χ4n) is 1.37. The van der Waals surface area contributed by atoms with E-state index in [1.807, 2.05) is 6.07 Å². The van der Waals surface area contributed by atoms with Gasteiger partial charge in [-0.1, -0.05) is 18.5 Å². The Kier molecular flexibility index (Phi) is 4.70. The van der Waals surface area contributed by atoms with Crippen molar-refractivity contribution in [3.05, 3.63) is 23.5 Å². The predicted molar refractivity (Wildman–Crippen MR) is 58.8 cm³/mol. The largest absolute Gasteiger partial charge is 0.395 e. The minimum atomic E-state index is 0.138. The number of aliphatic hydroxyl groups is 1. The summed E-state index contributed by atoms with van der Waals surface area (Å²) in [6, 6.07) is 1.87. The summed E-state index contributed by atoms with van der Waals surface area (Å²) in [5, 5.41) is 9.55. The monoisotopic (exact) mass is 214 g/mol. The number of hydrogen-bond acceptors (Lipinski definition) is 3. The molecule has 0 bridgehead atoms. The van der Waals surface area contributed by atoms with Crippen LogP contribution in [0.25, 0.3) is 0 Å². The highest BCUT2D eigenvalue weighted by atomic mass is 35.5. The molecule has 0 unspecified atom stereocenters. The fraction of sp³-hybridized carbons (Fsp3) is 0.500. The second-order valence-corrected chi connectivity index (χ2v) is 3.44.